The molecule has 0 spiro atoms. The SMILES string of the molecule is CCCCCCCCCC(NC)c1cn(C)nc1CC. The van der Waals surface area contributed by atoms with Crippen LogP contribution in [0.5, 0.6) is 0 Å². The summed E-state index contributed by atoms with van der Waals surface area (Å²) >= 11 is 0. The van der Waals surface area contributed by atoms with E-state index < -0.39 is 0 Å². The van der Waals surface area contributed by atoms with Gasteiger partial charge in [0.05, 0.1) is 5.69 Å². The first kappa shape index (κ1) is 17.2. The lowest BCUT2D eigenvalue weighted by atomic mass is 9.99. The van der Waals surface area contributed by atoms with E-state index in [0.29, 0.717) is 6.04 Å². The van der Waals surface area contributed by atoms with E-state index in [1.165, 1.54) is 62.6 Å². The minimum Gasteiger partial charge on any atom is -0.313 e. The Morgan fingerprint density at radius 2 is 1.75 bits per heavy atom. The first-order chi connectivity index (χ1) is 9.72. The average molecular weight is 279 g/mol. The fourth-order valence-corrected chi connectivity index (χ4v) is 2.88. The molecule has 0 radical (unpaired) electrons. The molecule has 1 heterocycles. The number of hydrogen-bond donors (Lipinski definition) is 1. The number of rotatable bonds is 11. The first-order valence-corrected chi connectivity index (χ1v) is 8.42. The molecular weight excluding hydrogens is 246 g/mol. The summed E-state index contributed by atoms with van der Waals surface area (Å²) in [4.78, 5) is 0. The van der Waals surface area contributed by atoms with Crippen molar-refractivity contribution < 1.29 is 0 Å². The molecule has 0 aliphatic rings. The minimum absolute atomic E-state index is 0.467. The highest BCUT2D eigenvalue weighted by Gasteiger charge is 2.15. The van der Waals surface area contributed by atoms with Gasteiger partial charge in [0.25, 0.3) is 0 Å². The van der Waals surface area contributed by atoms with E-state index in [1.54, 1.807) is 0 Å². The molecule has 1 aromatic rings. The van der Waals surface area contributed by atoms with Crippen LogP contribution in [0.25, 0.3) is 0 Å². The van der Waals surface area contributed by atoms with Gasteiger partial charge >= 0.3 is 0 Å². The van der Waals surface area contributed by atoms with Crippen LogP contribution in [0.2, 0.25) is 0 Å². The predicted molar refractivity (Wildman–Crippen MR) is 87.0 cm³/mol. The summed E-state index contributed by atoms with van der Waals surface area (Å²) in [6.07, 6.45) is 14.1. The zero-order valence-corrected chi connectivity index (χ0v) is 13.9. The van der Waals surface area contributed by atoms with Crippen LogP contribution in [0.3, 0.4) is 0 Å². The monoisotopic (exact) mass is 279 g/mol. The maximum absolute atomic E-state index is 4.55. The number of nitrogens with zero attached hydrogens (tertiary/aromatic N) is 2. The molecule has 0 saturated heterocycles. The van der Waals surface area contributed by atoms with Gasteiger partial charge in [-0.3, -0.25) is 4.68 Å². The standard InChI is InChI=1S/C17H33N3/c1-5-7-8-9-10-11-12-13-17(18-3)15-14-20(4)19-16(15)6-2/h14,17-18H,5-13H2,1-4H3. The summed E-state index contributed by atoms with van der Waals surface area (Å²) in [7, 11) is 4.08. The van der Waals surface area contributed by atoms with Gasteiger partial charge in [0.1, 0.15) is 0 Å². The van der Waals surface area contributed by atoms with Crippen LogP contribution in [0.4, 0.5) is 0 Å². The van der Waals surface area contributed by atoms with Crippen molar-refractivity contribution in [3.8, 4) is 0 Å². The highest BCUT2D eigenvalue weighted by atomic mass is 15.3. The molecule has 0 fully saturated rings. The Balaban J connectivity index is 2.32. The van der Waals surface area contributed by atoms with Crippen LogP contribution in [0.1, 0.15) is 82.5 Å². The third-order valence-electron chi connectivity index (χ3n) is 4.09. The summed E-state index contributed by atoms with van der Waals surface area (Å²) in [5.41, 5.74) is 2.64. The molecule has 0 saturated carbocycles. The number of aryl methyl sites for hydroxylation is 2. The molecule has 1 unspecified atom stereocenters. The molecule has 3 heteroatoms. The largest absolute Gasteiger partial charge is 0.313 e. The van der Waals surface area contributed by atoms with E-state index >= 15 is 0 Å². The van der Waals surface area contributed by atoms with E-state index in [1.807, 2.05) is 11.7 Å². The molecule has 0 amide bonds. The lowest BCUT2D eigenvalue weighted by molar-refractivity contribution is 0.493. The molecule has 0 aliphatic heterocycles. The van der Waals surface area contributed by atoms with Gasteiger partial charge in [0, 0.05) is 24.8 Å². The molecule has 1 aromatic heterocycles. The molecule has 0 bridgehead atoms. The smallest absolute Gasteiger partial charge is 0.0669 e. The molecule has 20 heavy (non-hydrogen) atoms. The predicted octanol–water partition coefficient (Wildman–Crippen LogP) is 4.38. The maximum atomic E-state index is 4.55. The zero-order valence-electron chi connectivity index (χ0n) is 13.9. The van der Waals surface area contributed by atoms with Crippen LogP contribution >= 0.6 is 0 Å². The first-order valence-electron chi connectivity index (χ1n) is 8.42. The number of aromatic nitrogens is 2. The Morgan fingerprint density at radius 3 is 2.35 bits per heavy atom. The molecule has 3 nitrogen and oxygen atoms in total. The highest BCUT2D eigenvalue weighted by Crippen LogP contribution is 2.23. The van der Waals surface area contributed by atoms with E-state index in [9.17, 15) is 0 Å². The summed E-state index contributed by atoms with van der Waals surface area (Å²) in [5.74, 6) is 0. The topological polar surface area (TPSA) is 29.9 Å². The zero-order chi connectivity index (χ0) is 14.8. The number of unbranched alkanes of at least 4 members (excludes halogenated alkanes) is 6. The Bertz CT molecular complexity index is 357. The second-order valence-corrected chi connectivity index (χ2v) is 5.81. The van der Waals surface area contributed by atoms with Gasteiger partial charge in [0.15, 0.2) is 0 Å². The lowest BCUT2D eigenvalue weighted by Crippen LogP contribution is -2.17. The summed E-state index contributed by atoms with van der Waals surface area (Å²) in [5, 5.41) is 8.02. The van der Waals surface area contributed by atoms with Gasteiger partial charge in [-0.1, -0.05) is 58.8 Å². The lowest BCUT2D eigenvalue weighted by Gasteiger charge is -2.16. The average Bonchev–Trinajstić information content (AvgIpc) is 2.83. The molecule has 1 rings (SSSR count). The summed E-state index contributed by atoms with van der Waals surface area (Å²) in [6.45, 7) is 4.46. The van der Waals surface area contributed by atoms with E-state index in [2.05, 4.69) is 37.5 Å². The molecular formula is C17H33N3. The van der Waals surface area contributed by atoms with Gasteiger partial charge in [-0.05, 0) is 19.9 Å². The molecule has 1 atom stereocenters. The van der Waals surface area contributed by atoms with Gasteiger partial charge in [0.2, 0.25) is 0 Å². The minimum atomic E-state index is 0.467. The van der Waals surface area contributed by atoms with E-state index in [4.69, 9.17) is 0 Å². The van der Waals surface area contributed by atoms with E-state index in [0.717, 1.165) is 6.42 Å². The number of hydrogen-bond acceptors (Lipinski definition) is 2. The molecule has 0 aliphatic carbocycles. The van der Waals surface area contributed by atoms with Crippen LogP contribution < -0.4 is 5.32 Å². The van der Waals surface area contributed by atoms with Crippen molar-refractivity contribution in [1.82, 2.24) is 15.1 Å². The van der Waals surface area contributed by atoms with Crippen molar-refractivity contribution in [1.29, 1.82) is 0 Å². The second kappa shape index (κ2) is 9.98. The fraction of sp³-hybridized carbons (Fsp3) is 0.824. The van der Waals surface area contributed by atoms with Crippen molar-refractivity contribution in [3.05, 3.63) is 17.5 Å². The van der Waals surface area contributed by atoms with Gasteiger partial charge in [-0.15, -0.1) is 0 Å². The van der Waals surface area contributed by atoms with Gasteiger partial charge in [-0.2, -0.15) is 5.10 Å². The Labute approximate surface area is 125 Å². The van der Waals surface area contributed by atoms with E-state index in [-0.39, 0.29) is 0 Å². The van der Waals surface area contributed by atoms with Crippen molar-refractivity contribution in [2.45, 2.75) is 77.7 Å². The van der Waals surface area contributed by atoms with Crippen LogP contribution in [0.15, 0.2) is 6.20 Å². The second-order valence-electron chi connectivity index (χ2n) is 5.81. The highest BCUT2D eigenvalue weighted by molar-refractivity contribution is 5.21. The normalized spacial score (nSPS) is 12.8. The van der Waals surface area contributed by atoms with Gasteiger partial charge < -0.3 is 5.32 Å². The third-order valence-corrected chi connectivity index (χ3v) is 4.09. The molecule has 0 aromatic carbocycles. The van der Waals surface area contributed by atoms with Crippen molar-refractivity contribution >= 4 is 0 Å². The number of nitrogens with one attached hydrogen (secondary N) is 1. The van der Waals surface area contributed by atoms with Crippen molar-refractivity contribution in [2.24, 2.45) is 7.05 Å². The van der Waals surface area contributed by atoms with Crippen LogP contribution in [-0.4, -0.2) is 16.8 Å². The fourth-order valence-electron chi connectivity index (χ4n) is 2.88. The van der Waals surface area contributed by atoms with Crippen molar-refractivity contribution in [2.75, 3.05) is 7.05 Å². The van der Waals surface area contributed by atoms with Crippen LogP contribution in [0, 0.1) is 0 Å². The Morgan fingerprint density at radius 1 is 1.10 bits per heavy atom. The van der Waals surface area contributed by atoms with Gasteiger partial charge in [-0.25, -0.2) is 0 Å². The Kier molecular flexibility index (Phi) is 8.59. The van der Waals surface area contributed by atoms with Crippen LogP contribution in [-0.2, 0) is 13.5 Å². The molecule has 116 valence electrons. The molecule has 1 N–H and O–H groups in total. The third kappa shape index (κ3) is 5.66. The van der Waals surface area contributed by atoms with Crippen molar-refractivity contribution in [3.63, 3.8) is 0 Å². The maximum Gasteiger partial charge on any atom is 0.0669 e. The Hall–Kier alpha value is -0.830. The summed E-state index contributed by atoms with van der Waals surface area (Å²) in [6, 6.07) is 0.467. The summed E-state index contributed by atoms with van der Waals surface area (Å²) < 4.78 is 1.95. The quantitative estimate of drug-likeness (QED) is 0.609.